The number of carbonyl (C=O) groups excluding carboxylic acids is 2. The van der Waals surface area contributed by atoms with E-state index in [1.54, 1.807) is 24.0 Å². The number of amides is 2. The topological polar surface area (TPSA) is 71.8 Å². The Labute approximate surface area is 146 Å². The van der Waals surface area contributed by atoms with Gasteiger partial charge in [0.05, 0.1) is 6.26 Å². The van der Waals surface area contributed by atoms with E-state index in [2.05, 4.69) is 5.32 Å². The number of rotatable bonds is 5. The van der Waals surface area contributed by atoms with E-state index in [9.17, 15) is 9.59 Å². The first-order valence-corrected chi connectivity index (χ1v) is 8.48. The summed E-state index contributed by atoms with van der Waals surface area (Å²) in [6.07, 6.45) is 2.37. The lowest BCUT2D eigenvalue weighted by atomic mass is 10.0. The number of hydrogen-bond donors (Lipinski definition) is 1. The minimum Gasteiger partial charge on any atom is -0.481 e. The molecule has 0 unspecified atom stereocenters. The van der Waals surface area contributed by atoms with Crippen LogP contribution >= 0.6 is 0 Å². The maximum atomic E-state index is 12.3. The van der Waals surface area contributed by atoms with Crippen LogP contribution in [-0.2, 0) is 4.79 Å². The third-order valence-electron chi connectivity index (χ3n) is 4.29. The van der Waals surface area contributed by atoms with Crippen LogP contribution in [0.2, 0.25) is 0 Å². The van der Waals surface area contributed by atoms with Gasteiger partial charge in [-0.15, -0.1) is 0 Å². The molecular weight excluding hydrogens is 320 g/mol. The van der Waals surface area contributed by atoms with Gasteiger partial charge in [-0.2, -0.15) is 0 Å². The summed E-state index contributed by atoms with van der Waals surface area (Å²) in [7, 11) is 0. The SMILES string of the molecule is C[C@H](Oc1ccccc1)C(=O)NC1CCN(C(=O)c2ccco2)CC1. The summed E-state index contributed by atoms with van der Waals surface area (Å²) in [6, 6.07) is 12.7. The zero-order chi connectivity index (χ0) is 17.6. The smallest absolute Gasteiger partial charge is 0.289 e. The molecule has 1 aliphatic heterocycles. The van der Waals surface area contributed by atoms with Crippen molar-refractivity contribution in [1.29, 1.82) is 0 Å². The van der Waals surface area contributed by atoms with E-state index in [4.69, 9.17) is 9.15 Å². The van der Waals surface area contributed by atoms with Crippen molar-refractivity contribution >= 4 is 11.8 Å². The van der Waals surface area contributed by atoms with E-state index in [1.165, 1.54) is 6.26 Å². The van der Waals surface area contributed by atoms with Crippen LogP contribution in [0, 0.1) is 0 Å². The Balaban J connectivity index is 1.45. The maximum absolute atomic E-state index is 12.3. The summed E-state index contributed by atoms with van der Waals surface area (Å²) >= 11 is 0. The third kappa shape index (κ3) is 4.41. The van der Waals surface area contributed by atoms with Gasteiger partial charge in [0.15, 0.2) is 11.9 Å². The summed E-state index contributed by atoms with van der Waals surface area (Å²) in [4.78, 5) is 26.3. The number of para-hydroxylation sites is 1. The highest BCUT2D eigenvalue weighted by atomic mass is 16.5. The van der Waals surface area contributed by atoms with Gasteiger partial charge in [0.1, 0.15) is 5.75 Å². The van der Waals surface area contributed by atoms with Crippen LogP contribution in [-0.4, -0.2) is 41.9 Å². The van der Waals surface area contributed by atoms with E-state index in [1.807, 2.05) is 30.3 Å². The predicted octanol–water partition coefficient (Wildman–Crippen LogP) is 2.47. The molecular formula is C19H22N2O4. The van der Waals surface area contributed by atoms with Crippen molar-refractivity contribution in [2.45, 2.75) is 31.9 Å². The molecule has 3 rings (SSSR count). The van der Waals surface area contributed by atoms with Crippen molar-refractivity contribution in [2.24, 2.45) is 0 Å². The van der Waals surface area contributed by atoms with Gasteiger partial charge in [-0.3, -0.25) is 9.59 Å². The van der Waals surface area contributed by atoms with Crippen molar-refractivity contribution in [3.05, 3.63) is 54.5 Å². The molecule has 6 nitrogen and oxygen atoms in total. The second kappa shape index (κ2) is 7.88. The highest BCUT2D eigenvalue weighted by Crippen LogP contribution is 2.15. The summed E-state index contributed by atoms with van der Waals surface area (Å²) in [5.41, 5.74) is 0. The number of nitrogens with one attached hydrogen (secondary N) is 1. The van der Waals surface area contributed by atoms with Crippen molar-refractivity contribution < 1.29 is 18.7 Å². The highest BCUT2D eigenvalue weighted by Gasteiger charge is 2.27. The van der Waals surface area contributed by atoms with Gasteiger partial charge in [-0.25, -0.2) is 0 Å². The van der Waals surface area contributed by atoms with Gasteiger partial charge in [0, 0.05) is 19.1 Å². The van der Waals surface area contributed by atoms with Crippen LogP contribution in [0.3, 0.4) is 0 Å². The highest BCUT2D eigenvalue weighted by molar-refractivity contribution is 5.91. The van der Waals surface area contributed by atoms with E-state index < -0.39 is 6.10 Å². The van der Waals surface area contributed by atoms with Crippen molar-refractivity contribution in [3.8, 4) is 5.75 Å². The molecule has 1 atom stereocenters. The molecule has 0 spiro atoms. The van der Waals surface area contributed by atoms with E-state index >= 15 is 0 Å². The van der Waals surface area contributed by atoms with Crippen LogP contribution in [0.4, 0.5) is 0 Å². The van der Waals surface area contributed by atoms with Gasteiger partial charge in [0.2, 0.25) is 0 Å². The minimum atomic E-state index is -0.565. The zero-order valence-electron chi connectivity index (χ0n) is 14.2. The molecule has 1 N–H and O–H groups in total. The first-order valence-electron chi connectivity index (χ1n) is 8.48. The molecule has 132 valence electrons. The van der Waals surface area contributed by atoms with Crippen LogP contribution < -0.4 is 10.1 Å². The lowest BCUT2D eigenvalue weighted by Crippen LogP contribution is -2.49. The second-order valence-corrected chi connectivity index (χ2v) is 6.13. The molecule has 1 aromatic heterocycles. The molecule has 25 heavy (non-hydrogen) atoms. The molecule has 2 aromatic rings. The van der Waals surface area contributed by atoms with Crippen molar-refractivity contribution in [1.82, 2.24) is 10.2 Å². The Bertz CT molecular complexity index is 691. The first-order chi connectivity index (χ1) is 12.1. The molecule has 0 aliphatic carbocycles. The van der Waals surface area contributed by atoms with E-state index in [-0.39, 0.29) is 17.9 Å². The average Bonchev–Trinajstić information content (AvgIpc) is 3.17. The van der Waals surface area contributed by atoms with Crippen LogP contribution in [0.5, 0.6) is 5.75 Å². The number of furan rings is 1. The lowest BCUT2D eigenvalue weighted by molar-refractivity contribution is -0.128. The number of benzene rings is 1. The molecule has 2 heterocycles. The quantitative estimate of drug-likeness (QED) is 0.906. The fraction of sp³-hybridized carbons (Fsp3) is 0.368. The Morgan fingerprint density at radius 1 is 1.16 bits per heavy atom. The third-order valence-corrected chi connectivity index (χ3v) is 4.29. The summed E-state index contributed by atoms with van der Waals surface area (Å²) in [5.74, 6) is 0.784. The standard InChI is InChI=1S/C19H22N2O4/c1-14(25-16-6-3-2-4-7-16)18(22)20-15-9-11-21(12-10-15)19(23)17-8-5-13-24-17/h2-8,13-15H,9-12H2,1H3,(H,20,22)/t14-/m0/s1. The summed E-state index contributed by atoms with van der Waals surface area (Å²) < 4.78 is 10.8. The van der Waals surface area contributed by atoms with E-state index in [0.29, 0.717) is 24.6 Å². The molecule has 0 radical (unpaired) electrons. The molecule has 6 heteroatoms. The second-order valence-electron chi connectivity index (χ2n) is 6.13. The number of likely N-dealkylation sites (tertiary alicyclic amines) is 1. The van der Waals surface area contributed by atoms with Gasteiger partial charge in [-0.1, -0.05) is 18.2 Å². The number of hydrogen-bond acceptors (Lipinski definition) is 4. The summed E-state index contributed by atoms with van der Waals surface area (Å²) in [6.45, 7) is 2.93. The molecule has 0 saturated carbocycles. The van der Waals surface area contributed by atoms with Crippen LogP contribution in [0.25, 0.3) is 0 Å². The average molecular weight is 342 g/mol. The van der Waals surface area contributed by atoms with Gasteiger partial charge in [0.25, 0.3) is 11.8 Å². The molecule has 1 aliphatic rings. The van der Waals surface area contributed by atoms with Gasteiger partial charge < -0.3 is 19.4 Å². The maximum Gasteiger partial charge on any atom is 0.289 e. The number of nitrogens with zero attached hydrogens (tertiary/aromatic N) is 1. The fourth-order valence-corrected chi connectivity index (χ4v) is 2.86. The Hall–Kier alpha value is -2.76. The van der Waals surface area contributed by atoms with E-state index in [0.717, 1.165) is 12.8 Å². The number of ether oxygens (including phenoxy) is 1. The molecule has 1 fully saturated rings. The largest absolute Gasteiger partial charge is 0.481 e. The minimum absolute atomic E-state index is 0.0509. The Morgan fingerprint density at radius 3 is 2.52 bits per heavy atom. The molecule has 1 aromatic carbocycles. The van der Waals surface area contributed by atoms with Gasteiger partial charge in [-0.05, 0) is 44.0 Å². The Morgan fingerprint density at radius 2 is 1.88 bits per heavy atom. The monoisotopic (exact) mass is 342 g/mol. The normalized spacial score (nSPS) is 16.3. The Kier molecular flexibility index (Phi) is 5.38. The number of piperidine rings is 1. The van der Waals surface area contributed by atoms with Crippen LogP contribution in [0.15, 0.2) is 53.1 Å². The fourth-order valence-electron chi connectivity index (χ4n) is 2.86. The van der Waals surface area contributed by atoms with Gasteiger partial charge >= 0.3 is 0 Å². The molecule has 2 amide bonds. The number of carbonyl (C=O) groups is 2. The van der Waals surface area contributed by atoms with Crippen molar-refractivity contribution in [3.63, 3.8) is 0 Å². The predicted molar refractivity (Wildman–Crippen MR) is 92.3 cm³/mol. The molecule has 0 bridgehead atoms. The lowest BCUT2D eigenvalue weighted by Gasteiger charge is -2.32. The van der Waals surface area contributed by atoms with Crippen molar-refractivity contribution in [2.75, 3.05) is 13.1 Å². The van der Waals surface area contributed by atoms with Crippen LogP contribution in [0.1, 0.15) is 30.3 Å². The molecule has 1 saturated heterocycles. The summed E-state index contributed by atoms with van der Waals surface area (Å²) in [5, 5.41) is 3.01. The first kappa shape index (κ1) is 17.1. The zero-order valence-corrected chi connectivity index (χ0v) is 14.2.